The average molecular weight is 351 g/mol. The fraction of sp³-hybridized carbons (Fsp3) is 0.571. The minimum Gasteiger partial charge on any atom is -0.327 e. The molecule has 1 aliphatic rings. The fourth-order valence-corrected chi connectivity index (χ4v) is 5.70. The number of halogens is 2. The Labute approximate surface area is 136 Å². The lowest BCUT2D eigenvalue weighted by atomic mass is 9.49. The molecule has 2 rings (SSSR count). The van der Waals surface area contributed by atoms with Gasteiger partial charge in [0.1, 0.15) is 4.90 Å². The predicted molar refractivity (Wildman–Crippen MR) is 86.1 cm³/mol. The highest BCUT2D eigenvalue weighted by molar-refractivity contribution is 7.89. The Hall–Kier alpha value is -0.330. The molecule has 0 radical (unpaired) electrons. The van der Waals surface area contributed by atoms with Crippen LogP contribution in [0.4, 0.5) is 0 Å². The molecule has 0 aromatic heterocycles. The van der Waals surface area contributed by atoms with Crippen LogP contribution in [0.2, 0.25) is 10.0 Å². The van der Waals surface area contributed by atoms with E-state index in [4.69, 9.17) is 28.9 Å². The molecule has 1 aliphatic carbocycles. The molecule has 3 N–H and O–H groups in total. The van der Waals surface area contributed by atoms with Crippen molar-refractivity contribution in [1.29, 1.82) is 0 Å². The molecule has 1 fully saturated rings. The highest BCUT2D eigenvalue weighted by atomic mass is 35.5. The number of sulfonamides is 1. The Morgan fingerprint density at radius 3 is 2.19 bits per heavy atom. The van der Waals surface area contributed by atoms with Gasteiger partial charge < -0.3 is 5.73 Å². The number of benzene rings is 1. The monoisotopic (exact) mass is 350 g/mol. The molecule has 0 atom stereocenters. The van der Waals surface area contributed by atoms with Crippen LogP contribution in [0, 0.1) is 10.8 Å². The highest BCUT2D eigenvalue weighted by Crippen LogP contribution is 2.53. The Bertz CT molecular complexity index is 656. The Balaban J connectivity index is 2.37. The second-order valence-electron chi connectivity index (χ2n) is 6.73. The van der Waals surface area contributed by atoms with Crippen LogP contribution in [0.15, 0.2) is 23.1 Å². The number of nitrogens with two attached hydrogens (primary N) is 1. The Morgan fingerprint density at radius 2 is 1.67 bits per heavy atom. The zero-order valence-corrected chi connectivity index (χ0v) is 14.8. The van der Waals surface area contributed by atoms with Crippen molar-refractivity contribution in [3.05, 3.63) is 28.2 Å². The molecule has 0 saturated heterocycles. The van der Waals surface area contributed by atoms with Crippen LogP contribution in [0.1, 0.15) is 27.7 Å². The van der Waals surface area contributed by atoms with Crippen molar-refractivity contribution >= 4 is 33.2 Å². The standard InChI is InChI=1S/C14H20Cl2N2O2S/c1-13(2)11(17)14(3,4)12(13)18-21(19,20)9-7-5-6-8(15)10(9)16/h5-7,11-12,18H,17H2,1-4H3. The Kier molecular flexibility index (Phi) is 4.14. The predicted octanol–water partition coefficient (Wildman–Crippen LogP) is 3.03. The molecule has 21 heavy (non-hydrogen) atoms. The van der Waals surface area contributed by atoms with E-state index in [0.29, 0.717) is 0 Å². The molecule has 7 heteroatoms. The van der Waals surface area contributed by atoms with E-state index >= 15 is 0 Å². The van der Waals surface area contributed by atoms with E-state index in [1.807, 2.05) is 27.7 Å². The van der Waals surface area contributed by atoms with Gasteiger partial charge in [0.2, 0.25) is 10.0 Å². The van der Waals surface area contributed by atoms with Crippen molar-refractivity contribution in [1.82, 2.24) is 4.72 Å². The quantitative estimate of drug-likeness (QED) is 0.879. The summed E-state index contributed by atoms with van der Waals surface area (Å²) in [5.74, 6) is 0. The van der Waals surface area contributed by atoms with Crippen LogP contribution in [0.25, 0.3) is 0 Å². The van der Waals surface area contributed by atoms with Gasteiger partial charge in [-0.1, -0.05) is 57.0 Å². The molecule has 0 unspecified atom stereocenters. The maximum atomic E-state index is 12.6. The number of hydrogen-bond acceptors (Lipinski definition) is 3. The molecule has 1 aromatic rings. The topological polar surface area (TPSA) is 72.2 Å². The molecule has 0 bridgehead atoms. The molecule has 1 saturated carbocycles. The van der Waals surface area contributed by atoms with E-state index in [9.17, 15) is 8.42 Å². The summed E-state index contributed by atoms with van der Waals surface area (Å²) in [4.78, 5) is -0.0104. The number of nitrogens with one attached hydrogen (secondary N) is 1. The van der Waals surface area contributed by atoms with Gasteiger partial charge in [-0.3, -0.25) is 0 Å². The lowest BCUT2D eigenvalue weighted by molar-refractivity contribution is -0.0593. The molecular weight excluding hydrogens is 331 g/mol. The first-order chi connectivity index (χ1) is 9.42. The lowest BCUT2D eigenvalue weighted by Gasteiger charge is -2.62. The second-order valence-corrected chi connectivity index (χ2v) is 9.19. The van der Waals surface area contributed by atoms with Gasteiger partial charge in [-0.25, -0.2) is 13.1 Å². The summed E-state index contributed by atoms with van der Waals surface area (Å²) >= 11 is 11.9. The Morgan fingerprint density at radius 1 is 1.14 bits per heavy atom. The minimum absolute atomic E-state index is 0.0104. The molecule has 118 valence electrons. The van der Waals surface area contributed by atoms with Crippen LogP contribution >= 0.6 is 23.2 Å². The van der Waals surface area contributed by atoms with E-state index in [2.05, 4.69) is 4.72 Å². The van der Waals surface area contributed by atoms with Crippen molar-refractivity contribution < 1.29 is 8.42 Å². The first kappa shape index (κ1) is 17.0. The largest absolute Gasteiger partial charge is 0.327 e. The zero-order chi connectivity index (χ0) is 16.2. The molecular formula is C14H20Cl2N2O2S. The summed E-state index contributed by atoms with van der Waals surface area (Å²) < 4.78 is 27.9. The van der Waals surface area contributed by atoms with Crippen molar-refractivity contribution in [2.45, 2.75) is 44.7 Å². The van der Waals surface area contributed by atoms with E-state index in [1.165, 1.54) is 6.07 Å². The van der Waals surface area contributed by atoms with Crippen molar-refractivity contribution in [2.24, 2.45) is 16.6 Å². The van der Waals surface area contributed by atoms with E-state index in [-0.39, 0.29) is 37.9 Å². The minimum atomic E-state index is -3.76. The van der Waals surface area contributed by atoms with Crippen molar-refractivity contribution in [3.8, 4) is 0 Å². The molecule has 4 nitrogen and oxygen atoms in total. The smallest absolute Gasteiger partial charge is 0.242 e. The maximum Gasteiger partial charge on any atom is 0.242 e. The van der Waals surface area contributed by atoms with E-state index in [1.54, 1.807) is 12.1 Å². The summed E-state index contributed by atoms with van der Waals surface area (Å²) in [5.41, 5.74) is 5.49. The van der Waals surface area contributed by atoms with Gasteiger partial charge in [0.25, 0.3) is 0 Å². The van der Waals surface area contributed by atoms with Crippen LogP contribution in [-0.2, 0) is 10.0 Å². The molecule has 0 amide bonds. The van der Waals surface area contributed by atoms with Gasteiger partial charge in [-0.05, 0) is 23.0 Å². The number of hydrogen-bond donors (Lipinski definition) is 2. The van der Waals surface area contributed by atoms with E-state index in [0.717, 1.165) is 0 Å². The number of rotatable bonds is 3. The molecule has 0 aliphatic heterocycles. The first-order valence-corrected chi connectivity index (χ1v) is 8.88. The summed E-state index contributed by atoms with van der Waals surface area (Å²) in [6.07, 6.45) is 0. The normalized spacial score (nSPS) is 27.2. The summed E-state index contributed by atoms with van der Waals surface area (Å²) in [5, 5.41) is 0.245. The first-order valence-electron chi connectivity index (χ1n) is 6.64. The molecule has 1 aromatic carbocycles. The van der Waals surface area contributed by atoms with Crippen molar-refractivity contribution in [3.63, 3.8) is 0 Å². The van der Waals surface area contributed by atoms with Gasteiger partial charge in [0, 0.05) is 12.1 Å². The third-order valence-electron chi connectivity index (χ3n) is 4.57. The van der Waals surface area contributed by atoms with Crippen LogP contribution in [-0.4, -0.2) is 20.5 Å². The molecule has 0 spiro atoms. The maximum absolute atomic E-state index is 12.6. The highest BCUT2D eigenvalue weighted by Gasteiger charge is 2.61. The van der Waals surface area contributed by atoms with Gasteiger partial charge in [0.05, 0.1) is 10.0 Å². The summed E-state index contributed by atoms with van der Waals surface area (Å²) in [6.45, 7) is 7.82. The third-order valence-corrected chi connectivity index (χ3v) is 6.97. The lowest BCUT2D eigenvalue weighted by Crippen LogP contribution is -2.75. The van der Waals surface area contributed by atoms with Crippen LogP contribution in [0.5, 0.6) is 0 Å². The van der Waals surface area contributed by atoms with Crippen LogP contribution < -0.4 is 10.5 Å². The summed E-state index contributed by atoms with van der Waals surface area (Å²) in [6, 6.07) is 4.18. The van der Waals surface area contributed by atoms with Gasteiger partial charge in [-0.15, -0.1) is 0 Å². The fourth-order valence-electron chi connectivity index (χ4n) is 3.39. The van der Waals surface area contributed by atoms with E-state index < -0.39 is 10.0 Å². The summed E-state index contributed by atoms with van der Waals surface area (Å²) in [7, 11) is -3.76. The average Bonchev–Trinajstić information content (AvgIpc) is 2.38. The SMILES string of the molecule is CC1(C)C(N)C(C)(C)C1NS(=O)(=O)c1cccc(Cl)c1Cl. The zero-order valence-electron chi connectivity index (χ0n) is 12.4. The van der Waals surface area contributed by atoms with Gasteiger partial charge >= 0.3 is 0 Å². The van der Waals surface area contributed by atoms with Gasteiger partial charge in [0.15, 0.2) is 0 Å². The van der Waals surface area contributed by atoms with Crippen LogP contribution in [0.3, 0.4) is 0 Å². The molecule has 0 heterocycles. The third kappa shape index (κ3) is 2.59. The van der Waals surface area contributed by atoms with Gasteiger partial charge in [-0.2, -0.15) is 0 Å². The van der Waals surface area contributed by atoms with Crippen molar-refractivity contribution in [2.75, 3.05) is 0 Å². The second kappa shape index (κ2) is 5.10.